The fraction of sp³-hybridized carbons (Fsp3) is 0.375. The smallest absolute Gasteiger partial charge is 0.244 e. The van der Waals surface area contributed by atoms with Gasteiger partial charge in [0.25, 0.3) is 0 Å². The highest BCUT2D eigenvalue weighted by Crippen LogP contribution is 2.24. The zero-order valence-corrected chi connectivity index (χ0v) is 26.2. The number of aryl methyl sites for hydroxylation is 2. The third kappa shape index (κ3) is 8.42. The fourth-order valence-electron chi connectivity index (χ4n) is 5.20. The lowest BCUT2D eigenvalue weighted by atomic mass is 10.0. The van der Waals surface area contributed by atoms with E-state index in [2.05, 4.69) is 21.2 Å². The number of amides is 2. The van der Waals surface area contributed by atoms with Crippen LogP contribution in [0.1, 0.15) is 47.9 Å². The van der Waals surface area contributed by atoms with E-state index >= 15 is 0 Å². The van der Waals surface area contributed by atoms with Crippen molar-refractivity contribution >= 4 is 43.5 Å². The standard InChI is InChI=1S/C32H38BrN3O4S/c1-23-13-18-29(19-24(23)2)36(41(3,39)40)22-31(37)35(21-26-14-16-27(33)17-15-26)30(20-25-9-5-4-6-10-25)32(38)34-28-11-7-8-12-28/h4-6,9-10,13-19,28,30H,7-8,11-12,20-22H2,1-3H3,(H,34,38)/t30-/m0/s1. The van der Waals surface area contributed by atoms with E-state index in [4.69, 9.17) is 0 Å². The second kappa shape index (κ2) is 13.7. The number of halogens is 1. The molecule has 1 aliphatic rings. The zero-order chi connectivity index (χ0) is 29.6. The van der Waals surface area contributed by atoms with Gasteiger partial charge in [-0.25, -0.2) is 8.42 Å². The van der Waals surface area contributed by atoms with Gasteiger partial charge in [-0.2, -0.15) is 0 Å². The first kappa shape index (κ1) is 30.8. The van der Waals surface area contributed by atoms with E-state index in [0.717, 1.165) is 63.0 Å². The number of carbonyl (C=O) groups is 2. The Morgan fingerprint density at radius 2 is 1.59 bits per heavy atom. The maximum atomic E-state index is 14.2. The van der Waals surface area contributed by atoms with Crippen LogP contribution < -0.4 is 9.62 Å². The molecule has 1 aliphatic carbocycles. The largest absolute Gasteiger partial charge is 0.352 e. The minimum atomic E-state index is -3.80. The normalized spacial score (nSPS) is 14.4. The third-order valence-corrected chi connectivity index (χ3v) is 9.37. The lowest BCUT2D eigenvalue weighted by Gasteiger charge is -2.34. The molecule has 0 saturated heterocycles. The molecular formula is C32H38BrN3O4S. The van der Waals surface area contributed by atoms with Gasteiger partial charge in [0.05, 0.1) is 11.9 Å². The summed E-state index contributed by atoms with van der Waals surface area (Å²) in [6.45, 7) is 3.60. The quantitative estimate of drug-likeness (QED) is 0.299. The summed E-state index contributed by atoms with van der Waals surface area (Å²) in [6.07, 6.45) is 5.37. The van der Waals surface area contributed by atoms with Crippen LogP contribution in [0.4, 0.5) is 5.69 Å². The van der Waals surface area contributed by atoms with Gasteiger partial charge in [0.2, 0.25) is 21.8 Å². The van der Waals surface area contributed by atoms with Gasteiger partial charge in [-0.1, -0.05) is 77.3 Å². The van der Waals surface area contributed by atoms with Crippen molar-refractivity contribution in [3.8, 4) is 0 Å². The van der Waals surface area contributed by atoms with Crippen LogP contribution in [0.15, 0.2) is 77.3 Å². The molecule has 218 valence electrons. The lowest BCUT2D eigenvalue weighted by Crippen LogP contribution is -2.54. The van der Waals surface area contributed by atoms with E-state index in [0.29, 0.717) is 12.1 Å². The van der Waals surface area contributed by atoms with Gasteiger partial charge in [0.1, 0.15) is 12.6 Å². The summed E-state index contributed by atoms with van der Waals surface area (Å²) in [4.78, 5) is 29.6. The van der Waals surface area contributed by atoms with Crippen molar-refractivity contribution in [3.05, 3.63) is 99.5 Å². The number of anilines is 1. The van der Waals surface area contributed by atoms with Crippen molar-refractivity contribution in [1.29, 1.82) is 0 Å². The highest BCUT2D eigenvalue weighted by molar-refractivity contribution is 9.10. The van der Waals surface area contributed by atoms with Crippen LogP contribution >= 0.6 is 15.9 Å². The lowest BCUT2D eigenvalue weighted by molar-refractivity contribution is -0.140. The van der Waals surface area contributed by atoms with E-state index in [1.54, 1.807) is 17.0 Å². The highest BCUT2D eigenvalue weighted by Gasteiger charge is 2.34. The zero-order valence-electron chi connectivity index (χ0n) is 23.8. The summed E-state index contributed by atoms with van der Waals surface area (Å²) in [5.74, 6) is -0.664. The summed E-state index contributed by atoms with van der Waals surface area (Å²) in [6, 6.07) is 21.8. The fourth-order valence-corrected chi connectivity index (χ4v) is 6.31. The van der Waals surface area contributed by atoms with Crippen LogP contribution in [-0.4, -0.2) is 50.0 Å². The Kier molecular flexibility index (Phi) is 10.3. The number of nitrogens with zero attached hydrogens (tertiary/aromatic N) is 2. The molecule has 0 radical (unpaired) electrons. The van der Waals surface area contributed by atoms with Crippen molar-refractivity contribution < 1.29 is 18.0 Å². The number of sulfonamides is 1. The van der Waals surface area contributed by atoms with Crippen molar-refractivity contribution in [2.75, 3.05) is 17.1 Å². The molecule has 3 aromatic rings. The van der Waals surface area contributed by atoms with Gasteiger partial charge in [-0.3, -0.25) is 13.9 Å². The molecule has 7 nitrogen and oxygen atoms in total. The molecule has 1 atom stereocenters. The van der Waals surface area contributed by atoms with E-state index in [-0.39, 0.29) is 18.5 Å². The molecule has 9 heteroatoms. The SMILES string of the molecule is Cc1ccc(N(CC(=O)N(Cc2ccc(Br)cc2)[C@@H](Cc2ccccc2)C(=O)NC2CCCC2)S(C)(=O)=O)cc1C. The van der Waals surface area contributed by atoms with E-state index in [1.807, 2.05) is 74.5 Å². The van der Waals surface area contributed by atoms with E-state index in [1.165, 1.54) is 0 Å². The van der Waals surface area contributed by atoms with Gasteiger partial charge >= 0.3 is 0 Å². The van der Waals surface area contributed by atoms with Crippen molar-refractivity contribution in [3.63, 3.8) is 0 Å². The Bertz CT molecular complexity index is 1460. The Hall–Kier alpha value is -3.17. The Labute approximate surface area is 252 Å². The Balaban J connectivity index is 1.72. The number of carbonyl (C=O) groups excluding carboxylic acids is 2. The van der Waals surface area contributed by atoms with Gasteiger partial charge < -0.3 is 10.2 Å². The number of nitrogens with one attached hydrogen (secondary N) is 1. The summed E-state index contributed by atoms with van der Waals surface area (Å²) >= 11 is 3.46. The number of hydrogen-bond acceptors (Lipinski definition) is 4. The monoisotopic (exact) mass is 639 g/mol. The molecule has 2 amide bonds. The van der Waals surface area contributed by atoms with Crippen LogP contribution in [0.2, 0.25) is 0 Å². The predicted molar refractivity (Wildman–Crippen MR) is 167 cm³/mol. The minimum Gasteiger partial charge on any atom is -0.352 e. The Morgan fingerprint density at radius 3 is 2.20 bits per heavy atom. The molecule has 1 N–H and O–H groups in total. The van der Waals surface area contributed by atoms with Crippen LogP contribution in [-0.2, 0) is 32.6 Å². The molecule has 0 unspecified atom stereocenters. The summed E-state index contributed by atoms with van der Waals surface area (Å²) in [5.41, 5.74) is 4.12. The van der Waals surface area contributed by atoms with Crippen molar-refractivity contribution in [2.24, 2.45) is 0 Å². The number of hydrogen-bond donors (Lipinski definition) is 1. The maximum absolute atomic E-state index is 14.2. The molecule has 0 aromatic heterocycles. The molecule has 1 fully saturated rings. The summed E-state index contributed by atoms with van der Waals surface area (Å²) < 4.78 is 28.0. The van der Waals surface area contributed by atoms with Crippen LogP contribution in [0.3, 0.4) is 0 Å². The first-order valence-electron chi connectivity index (χ1n) is 13.9. The predicted octanol–water partition coefficient (Wildman–Crippen LogP) is 5.53. The molecule has 0 aliphatic heterocycles. The molecular weight excluding hydrogens is 602 g/mol. The van der Waals surface area contributed by atoms with Crippen molar-refractivity contribution in [2.45, 2.75) is 64.6 Å². The Morgan fingerprint density at radius 1 is 0.927 bits per heavy atom. The molecule has 4 rings (SSSR count). The molecule has 41 heavy (non-hydrogen) atoms. The molecule has 0 heterocycles. The molecule has 1 saturated carbocycles. The average Bonchev–Trinajstić information content (AvgIpc) is 3.45. The van der Waals surface area contributed by atoms with E-state index < -0.39 is 28.5 Å². The first-order chi connectivity index (χ1) is 19.5. The maximum Gasteiger partial charge on any atom is 0.244 e. The number of benzene rings is 3. The third-order valence-electron chi connectivity index (χ3n) is 7.70. The molecule has 3 aromatic carbocycles. The summed E-state index contributed by atoms with van der Waals surface area (Å²) in [5, 5.41) is 3.19. The van der Waals surface area contributed by atoms with E-state index in [9.17, 15) is 18.0 Å². The van der Waals surface area contributed by atoms with Crippen LogP contribution in [0, 0.1) is 13.8 Å². The van der Waals surface area contributed by atoms with Crippen LogP contribution in [0.5, 0.6) is 0 Å². The minimum absolute atomic E-state index is 0.0773. The van der Waals surface area contributed by atoms with Gasteiger partial charge in [0.15, 0.2) is 0 Å². The topological polar surface area (TPSA) is 86.8 Å². The second-order valence-electron chi connectivity index (χ2n) is 10.9. The van der Waals surface area contributed by atoms with Crippen molar-refractivity contribution in [1.82, 2.24) is 10.2 Å². The molecule has 0 bridgehead atoms. The van der Waals surface area contributed by atoms with Gasteiger partial charge in [0, 0.05) is 23.5 Å². The second-order valence-corrected chi connectivity index (χ2v) is 13.7. The highest BCUT2D eigenvalue weighted by atomic mass is 79.9. The average molecular weight is 641 g/mol. The number of rotatable bonds is 11. The first-order valence-corrected chi connectivity index (χ1v) is 16.6. The molecule has 0 spiro atoms. The van der Waals surface area contributed by atoms with Gasteiger partial charge in [-0.15, -0.1) is 0 Å². The van der Waals surface area contributed by atoms with Gasteiger partial charge in [-0.05, 0) is 73.2 Å². The van der Waals surface area contributed by atoms with Crippen LogP contribution in [0.25, 0.3) is 0 Å². The summed E-state index contributed by atoms with van der Waals surface area (Å²) in [7, 11) is -3.80.